The van der Waals surface area contributed by atoms with Gasteiger partial charge in [0.2, 0.25) is 0 Å². The SMILES string of the molecule is CCCCCCCCCCCCCCCCC1(CCCCCCCCCCCCCCCC)c2cc3c(cc2-c2c1cc(C)c1nsnc21)C(CCCCCCCCCCCCCCCC)(CCCCCCCCCCCCCCCC)c1cc(-c2cc(F)c(-c4sc(C)cc4F)s2)c2nsnc2c1-3. The Morgan fingerprint density at radius 3 is 0.846 bits per heavy atom. The number of aromatic nitrogens is 4. The minimum atomic E-state index is -0.357. The molecule has 0 radical (unpaired) electrons. The molecule has 0 unspecified atom stereocenters. The van der Waals surface area contributed by atoms with E-state index < -0.39 is 0 Å². The van der Waals surface area contributed by atoms with E-state index in [4.69, 9.17) is 17.5 Å². The minimum absolute atomic E-state index is 0.162. The molecule has 4 heterocycles. The van der Waals surface area contributed by atoms with Crippen LogP contribution in [-0.2, 0) is 10.8 Å². The van der Waals surface area contributed by atoms with Crippen LogP contribution in [0.15, 0.2) is 36.4 Å². The van der Waals surface area contributed by atoms with Crippen molar-refractivity contribution in [1.82, 2.24) is 17.5 Å². The first-order chi connectivity index (χ1) is 51.2. The van der Waals surface area contributed by atoms with Gasteiger partial charge in [-0.25, -0.2) is 8.78 Å². The van der Waals surface area contributed by atoms with Crippen LogP contribution in [0.1, 0.15) is 446 Å². The van der Waals surface area contributed by atoms with Gasteiger partial charge in [-0.05, 0) is 109 Å². The molecule has 2 aliphatic carbocycles. The van der Waals surface area contributed by atoms with Gasteiger partial charge in [0.25, 0.3) is 0 Å². The zero-order valence-electron chi connectivity index (χ0n) is 67.1. The molecule has 4 aromatic heterocycles. The van der Waals surface area contributed by atoms with Crippen LogP contribution >= 0.6 is 46.1 Å². The van der Waals surface area contributed by atoms with E-state index in [1.54, 1.807) is 12.1 Å². The zero-order valence-corrected chi connectivity index (χ0v) is 70.3. The summed E-state index contributed by atoms with van der Waals surface area (Å²) in [6.45, 7) is 13.5. The summed E-state index contributed by atoms with van der Waals surface area (Å²) in [7, 11) is 0. The molecular formula is C94H144F2N4S4. The second kappa shape index (κ2) is 47.6. The van der Waals surface area contributed by atoms with Crippen LogP contribution in [0, 0.1) is 25.5 Å². The van der Waals surface area contributed by atoms with Gasteiger partial charge in [-0.2, -0.15) is 17.5 Å². The van der Waals surface area contributed by atoms with Gasteiger partial charge < -0.3 is 0 Å². The number of hydrogen-bond donors (Lipinski definition) is 0. The van der Waals surface area contributed by atoms with Crippen molar-refractivity contribution in [3.8, 4) is 42.4 Å². The minimum Gasteiger partial charge on any atom is -0.205 e. The van der Waals surface area contributed by atoms with Crippen molar-refractivity contribution < 1.29 is 8.78 Å². The van der Waals surface area contributed by atoms with Crippen molar-refractivity contribution in [2.45, 2.75) is 438 Å². The molecule has 0 aliphatic heterocycles. The highest BCUT2D eigenvalue weighted by atomic mass is 32.1. The summed E-state index contributed by atoms with van der Waals surface area (Å²) < 4.78 is 53.6. The Morgan fingerprint density at radius 1 is 0.269 bits per heavy atom. The van der Waals surface area contributed by atoms with E-state index in [2.05, 4.69) is 58.9 Å². The van der Waals surface area contributed by atoms with Crippen molar-refractivity contribution in [2.75, 3.05) is 0 Å². The predicted molar refractivity (Wildman–Crippen MR) is 457 cm³/mol. The van der Waals surface area contributed by atoms with Crippen molar-refractivity contribution in [1.29, 1.82) is 0 Å². The Hall–Kier alpha value is -3.44. The molecule has 0 spiro atoms. The number of unbranched alkanes of at least 4 members (excludes halogenated alkanes) is 52. The molecule has 0 amide bonds. The first kappa shape index (κ1) is 84.6. The third-order valence-electron chi connectivity index (χ3n) is 24.8. The van der Waals surface area contributed by atoms with Crippen molar-refractivity contribution >= 4 is 68.2 Å². The zero-order chi connectivity index (χ0) is 72.9. The van der Waals surface area contributed by atoms with E-state index in [9.17, 15) is 0 Å². The van der Waals surface area contributed by atoms with Crippen LogP contribution in [0.4, 0.5) is 8.78 Å². The number of benzene rings is 3. The van der Waals surface area contributed by atoms with E-state index in [1.165, 1.54) is 443 Å². The molecule has 578 valence electrons. The van der Waals surface area contributed by atoms with Gasteiger partial charge in [-0.15, -0.1) is 22.7 Å². The maximum atomic E-state index is 16.7. The Labute approximate surface area is 650 Å². The van der Waals surface area contributed by atoms with Crippen LogP contribution in [-0.4, -0.2) is 17.5 Å². The molecule has 3 aromatic carbocycles. The summed E-state index contributed by atoms with van der Waals surface area (Å²) in [4.78, 5) is 2.44. The lowest BCUT2D eigenvalue weighted by molar-refractivity contribution is 0.393. The highest BCUT2D eigenvalue weighted by molar-refractivity contribution is 7.24. The lowest BCUT2D eigenvalue weighted by Gasteiger charge is -2.35. The molecule has 4 nitrogen and oxygen atoms in total. The molecule has 7 aromatic rings. The third kappa shape index (κ3) is 24.3. The second-order valence-corrected chi connectivity index (χ2v) is 36.6. The van der Waals surface area contributed by atoms with Crippen LogP contribution in [0.3, 0.4) is 0 Å². The third-order valence-corrected chi connectivity index (χ3v) is 28.2. The summed E-state index contributed by atoms with van der Waals surface area (Å²) in [6.07, 6.45) is 80.0. The molecule has 10 heteroatoms. The van der Waals surface area contributed by atoms with Crippen LogP contribution < -0.4 is 0 Å². The Kier molecular flexibility index (Phi) is 38.7. The molecule has 104 heavy (non-hydrogen) atoms. The molecule has 0 fully saturated rings. The van der Waals surface area contributed by atoms with Gasteiger partial charge in [0.15, 0.2) is 0 Å². The van der Waals surface area contributed by atoms with Gasteiger partial charge in [0.05, 0.1) is 33.2 Å². The van der Waals surface area contributed by atoms with Crippen LogP contribution in [0.25, 0.3) is 64.5 Å². The number of halogens is 2. The van der Waals surface area contributed by atoms with E-state index in [-0.39, 0.29) is 22.5 Å². The largest absolute Gasteiger partial charge is 0.205 e. The molecule has 9 rings (SSSR count). The fourth-order valence-corrected chi connectivity index (χ4v) is 22.0. The average Bonchev–Trinajstić information content (AvgIpc) is 1.52. The summed E-state index contributed by atoms with van der Waals surface area (Å²) in [5.74, 6) is -0.700. The summed E-state index contributed by atoms with van der Waals surface area (Å²) in [6, 6.07) is 13.9. The molecule has 0 atom stereocenters. The number of aryl methyl sites for hydroxylation is 2. The first-order valence-corrected chi connectivity index (χ1v) is 47.6. The van der Waals surface area contributed by atoms with Gasteiger partial charge in [0, 0.05) is 37.3 Å². The summed E-state index contributed by atoms with van der Waals surface area (Å²) in [5, 5.41) is 0. The van der Waals surface area contributed by atoms with Crippen molar-refractivity contribution in [2.24, 2.45) is 0 Å². The van der Waals surface area contributed by atoms with Crippen molar-refractivity contribution in [3.63, 3.8) is 0 Å². The smallest absolute Gasteiger partial charge is 0.143 e. The van der Waals surface area contributed by atoms with Gasteiger partial charge in [-0.3, -0.25) is 0 Å². The quantitative estimate of drug-likeness (QED) is 0.0357. The van der Waals surface area contributed by atoms with E-state index in [1.807, 2.05) is 6.92 Å². The highest BCUT2D eigenvalue weighted by Crippen LogP contribution is 2.64. The maximum Gasteiger partial charge on any atom is 0.143 e. The lowest BCUT2D eigenvalue weighted by Crippen LogP contribution is -2.27. The Balaban J connectivity index is 1.06. The van der Waals surface area contributed by atoms with Crippen LogP contribution in [0.5, 0.6) is 0 Å². The molecule has 0 saturated heterocycles. The standard InChI is InChI=1S/C94H144F2N4S4/c1-7-11-15-19-23-27-31-35-39-43-47-51-55-59-63-93(64-60-56-52-48-44-40-36-32-28-24-20-16-12-8-2)78-70-76-79(69-75(78)85-80(93)67-73(5)87-89(85)99-103-97-87)94(65-61-57-53-49-45-41-37-33-29-25-21-17-13-9-3,66-62-58-54-50-46-42-38-34-30-26-22-18-14-10-4)81-71-77(88-90(86(76)81)100-104-98-88)84-72-83(96)92(102-84)91-82(95)68-74(6)101-91/h67-72H,7-66H2,1-6H3. The normalized spacial score (nSPS) is 13.5. The molecule has 2 aliphatic rings. The van der Waals surface area contributed by atoms with Gasteiger partial charge >= 0.3 is 0 Å². The number of rotatable bonds is 62. The van der Waals surface area contributed by atoms with Gasteiger partial charge in [-0.1, -0.05) is 393 Å². The molecule has 0 bridgehead atoms. The topological polar surface area (TPSA) is 51.6 Å². The average molecular weight is 1500 g/mol. The fourth-order valence-electron chi connectivity index (χ4n) is 18.7. The summed E-state index contributed by atoms with van der Waals surface area (Å²) >= 11 is 5.44. The first-order valence-electron chi connectivity index (χ1n) is 44.5. The summed E-state index contributed by atoms with van der Waals surface area (Å²) in [5.41, 5.74) is 17.1. The monoisotopic (exact) mass is 1500 g/mol. The van der Waals surface area contributed by atoms with E-state index in [0.717, 1.165) is 75.9 Å². The Bertz CT molecular complexity index is 3450. The Morgan fingerprint density at radius 2 is 0.529 bits per heavy atom. The van der Waals surface area contributed by atoms with Crippen LogP contribution in [0.2, 0.25) is 0 Å². The fraction of sp³-hybridized carbons (Fsp3) is 0.723. The number of fused-ring (bicyclic) bond motifs is 10. The van der Waals surface area contributed by atoms with Gasteiger partial charge in [0.1, 0.15) is 33.7 Å². The van der Waals surface area contributed by atoms with E-state index in [0.29, 0.717) is 9.75 Å². The molecular weight excluding hydrogens is 1350 g/mol. The lowest BCUT2D eigenvalue weighted by atomic mass is 9.68. The maximum absolute atomic E-state index is 16.7. The molecule has 0 N–H and O–H groups in total. The number of nitrogens with zero attached hydrogens (tertiary/aromatic N) is 4. The molecule has 0 saturated carbocycles. The number of thiophene rings is 2. The van der Waals surface area contributed by atoms with E-state index >= 15 is 8.78 Å². The highest BCUT2D eigenvalue weighted by Gasteiger charge is 2.50. The number of hydrogen-bond acceptors (Lipinski definition) is 8. The van der Waals surface area contributed by atoms with Crippen molar-refractivity contribution in [3.05, 3.63) is 80.7 Å². The second-order valence-electron chi connectivity index (χ2n) is 33.2. The predicted octanol–water partition coefficient (Wildman–Crippen LogP) is 34.1.